The van der Waals surface area contributed by atoms with Gasteiger partial charge in [-0.1, -0.05) is 0 Å². The van der Waals surface area contributed by atoms with Crippen LogP contribution in [0.4, 0.5) is 0 Å². The zero-order valence-electron chi connectivity index (χ0n) is 10.1. The van der Waals surface area contributed by atoms with Crippen molar-refractivity contribution >= 4 is 45.3 Å². The summed E-state index contributed by atoms with van der Waals surface area (Å²) in [6.45, 7) is 0. The van der Waals surface area contributed by atoms with E-state index >= 15 is 0 Å². The molecular formula is C11H14BrN3O3S. The number of halogens is 1. The third kappa shape index (κ3) is 7.04. The zero-order chi connectivity index (χ0) is 14.1. The minimum Gasteiger partial charge on any atom is -0.289 e. The van der Waals surface area contributed by atoms with Crippen LogP contribution in [-0.4, -0.2) is 23.2 Å². The number of carbonyl (C=O) groups excluding carboxylic acids is 2. The van der Waals surface area contributed by atoms with Crippen LogP contribution in [0.2, 0.25) is 0 Å². The molecule has 8 heteroatoms. The molecule has 6 nitrogen and oxygen atoms in total. The minimum absolute atomic E-state index is 0.198. The van der Waals surface area contributed by atoms with Gasteiger partial charge in [-0.05, 0) is 34.8 Å². The van der Waals surface area contributed by atoms with Crippen LogP contribution in [0.3, 0.4) is 0 Å². The van der Waals surface area contributed by atoms with Gasteiger partial charge < -0.3 is 0 Å². The molecule has 0 aliphatic heterocycles. The van der Waals surface area contributed by atoms with Crippen molar-refractivity contribution in [1.29, 1.82) is 0 Å². The predicted molar refractivity (Wildman–Crippen MR) is 76.2 cm³/mol. The second kappa shape index (κ2) is 8.78. The fourth-order valence-electron chi connectivity index (χ4n) is 1.25. The third-order valence-corrected chi connectivity index (χ3v) is 3.78. The van der Waals surface area contributed by atoms with E-state index in [2.05, 4.69) is 26.5 Å². The molecule has 0 saturated carbocycles. The fourth-order valence-corrected chi connectivity index (χ4v) is 2.55. The second-order valence-electron chi connectivity index (χ2n) is 3.70. The van der Waals surface area contributed by atoms with E-state index in [0.717, 1.165) is 9.35 Å². The highest BCUT2D eigenvalue weighted by molar-refractivity contribution is 9.10. The van der Waals surface area contributed by atoms with Gasteiger partial charge in [0.15, 0.2) is 0 Å². The lowest BCUT2D eigenvalue weighted by atomic mass is 10.2. The Balaban J connectivity index is 2.14. The van der Waals surface area contributed by atoms with Gasteiger partial charge in [-0.3, -0.25) is 14.8 Å². The first-order valence-electron chi connectivity index (χ1n) is 5.60. The number of rotatable bonds is 7. The van der Waals surface area contributed by atoms with Crippen molar-refractivity contribution in [3.05, 3.63) is 20.8 Å². The Morgan fingerprint density at radius 1 is 1.37 bits per heavy atom. The average Bonchev–Trinajstić information content (AvgIpc) is 2.80. The first-order chi connectivity index (χ1) is 9.11. The number of nitrogens with one attached hydrogen (secondary N) is 2. The molecule has 0 saturated heterocycles. The van der Waals surface area contributed by atoms with Crippen molar-refractivity contribution in [3.63, 3.8) is 0 Å². The molecule has 104 valence electrons. The van der Waals surface area contributed by atoms with Crippen molar-refractivity contribution in [2.45, 2.75) is 25.7 Å². The molecule has 0 spiro atoms. The smallest absolute Gasteiger partial charge is 0.243 e. The summed E-state index contributed by atoms with van der Waals surface area (Å²) in [5.41, 5.74) is 3.96. The number of hydrogen-bond donors (Lipinski definition) is 3. The summed E-state index contributed by atoms with van der Waals surface area (Å²) in [4.78, 5) is 23.0. The van der Waals surface area contributed by atoms with E-state index in [1.165, 1.54) is 11.3 Å². The van der Waals surface area contributed by atoms with Crippen molar-refractivity contribution in [2.24, 2.45) is 5.10 Å². The Bertz CT molecular complexity index is 462. The first kappa shape index (κ1) is 15.8. The summed E-state index contributed by atoms with van der Waals surface area (Å²) in [6, 6.07) is 1.90. The van der Waals surface area contributed by atoms with Crippen LogP contribution in [0.5, 0.6) is 0 Å². The maximum atomic E-state index is 11.4. The van der Waals surface area contributed by atoms with Gasteiger partial charge in [0.1, 0.15) is 0 Å². The maximum absolute atomic E-state index is 11.4. The first-order valence-corrected chi connectivity index (χ1v) is 7.28. The van der Waals surface area contributed by atoms with Crippen LogP contribution in [0.1, 0.15) is 30.6 Å². The maximum Gasteiger partial charge on any atom is 0.243 e. The van der Waals surface area contributed by atoms with Crippen molar-refractivity contribution < 1.29 is 14.8 Å². The summed E-state index contributed by atoms with van der Waals surface area (Å²) < 4.78 is 0.979. The number of unbranched alkanes of at least 4 members (excludes halogenated alkanes) is 1. The van der Waals surface area contributed by atoms with Gasteiger partial charge in [0.25, 0.3) is 0 Å². The molecule has 0 aliphatic rings. The number of thiophene rings is 1. The molecule has 0 atom stereocenters. The second-order valence-corrected chi connectivity index (χ2v) is 5.56. The number of carbonyl (C=O) groups is 2. The number of hydrogen-bond acceptors (Lipinski definition) is 5. The lowest BCUT2D eigenvalue weighted by Gasteiger charge is -1.99. The quantitative estimate of drug-likeness (QED) is 0.305. The molecule has 1 aromatic rings. The van der Waals surface area contributed by atoms with Gasteiger partial charge in [0, 0.05) is 27.6 Å². The summed E-state index contributed by atoms with van der Waals surface area (Å²) in [5, 5.41) is 14.0. The summed E-state index contributed by atoms with van der Waals surface area (Å²) in [7, 11) is 0. The van der Waals surface area contributed by atoms with Gasteiger partial charge in [0.05, 0.1) is 6.21 Å². The van der Waals surface area contributed by atoms with E-state index in [1.807, 2.05) is 11.4 Å². The molecule has 0 aliphatic carbocycles. The van der Waals surface area contributed by atoms with Gasteiger partial charge in [-0.2, -0.15) is 5.10 Å². The number of amides is 2. The van der Waals surface area contributed by atoms with E-state index < -0.39 is 5.91 Å². The summed E-state index contributed by atoms with van der Waals surface area (Å²) in [6.07, 6.45) is 3.19. The molecule has 2 amide bonds. The Hall–Kier alpha value is -1.25. The Morgan fingerprint density at radius 2 is 2.05 bits per heavy atom. The van der Waals surface area contributed by atoms with Crippen LogP contribution in [-0.2, 0) is 9.59 Å². The summed E-state index contributed by atoms with van der Waals surface area (Å²) in [5.74, 6) is -0.641. The number of hydrazone groups is 1. The van der Waals surface area contributed by atoms with Crippen LogP contribution in [0, 0.1) is 0 Å². The highest BCUT2D eigenvalue weighted by Gasteiger charge is 2.02. The SMILES string of the molecule is O=C(CCCCC(=O)N/N=C/c1cc(Br)cs1)NO. The van der Waals surface area contributed by atoms with E-state index in [9.17, 15) is 9.59 Å². The van der Waals surface area contributed by atoms with E-state index in [0.29, 0.717) is 19.3 Å². The molecule has 19 heavy (non-hydrogen) atoms. The third-order valence-electron chi connectivity index (χ3n) is 2.15. The van der Waals surface area contributed by atoms with Crippen LogP contribution in [0.15, 0.2) is 21.0 Å². The molecule has 0 bridgehead atoms. The lowest BCUT2D eigenvalue weighted by Crippen LogP contribution is -2.19. The minimum atomic E-state index is -0.443. The van der Waals surface area contributed by atoms with Gasteiger partial charge in [0.2, 0.25) is 11.8 Å². The highest BCUT2D eigenvalue weighted by atomic mass is 79.9. The van der Waals surface area contributed by atoms with Gasteiger partial charge in [-0.25, -0.2) is 10.9 Å². The predicted octanol–water partition coefficient (Wildman–Crippen LogP) is 2.03. The number of nitrogens with zero attached hydrogens (tertiary/aromatic N) is 1. The van der Waals surface area contributed by atoms with Crippen LogP contribution >= 0.6 is 27.3 Å². The van der Waals surface area contributed by atoms with Gasteiger partial charge >= 0.3 is 0 Å². The standard InChI is InChI=1S/C11H14BrN3O3S/c12-8-5-9(19-7-8)6-13-14-10(16)3-1-2-4-11(17)15-18/h5-7,18H,1-4H2,(H,14,16)(H,15,17)/b13-6+. The number of hydroxylamine groups is 1. The topological polar surface area (TPSA) is 90.8 Å². The molecule has 3 N–H and O–H groups in total. The average molecular weight is 348 g/mol. The molecular weight excluding hydrogens is 334 g/mol. The molecule has 1 heterocycles. The monoisotopic (exact) mass is 347 g/mol. The van der Waals surface area contributed by atoms with E-state index in [1.54, 1.807) is 11.7 Å². The molecule has 1 rings (SSSR count). The zero-order valence-corrected chi connectivity index (χ0v) is 12.5. The highest BCUT2D eigenvalue weighted by Crippen LogP contribution is 2.17. The van der Waals surface area contributed by atoms with Crippen LogP contribution in [0.25, 0.3) is 0 Å². The molecule has 1 aromatic heterocycles. The molecule has 0 unspecified atom stereocenters. The van der Waals surface area contributed by atoms with Crippen molar-refractivity contribution in [3.8, 4) is 0 Å². The lowest BCUT2D eigenvalue weighted by molar-refractivity contribution is -0.129. The molecule has 0 radical (unpaired) electrons. The fraction of sp³-hybridized carbons (Fsp3) is 0.364. The Morgan fingerprint density at radius 3 is 2.63 bits per heavy atom. The Labute approximate surface area is 123 Å². The molecule has 0 fully saturated rings. The molecule has 0 aromatic carbocycles. The van der Waals surface area contributed by atoms with Gasteiger partial charge in [-0.15, -0.1) is 11.3 Å². The van der Waals surface area contributed by atoms with E-state index in [-0.39, 0.29) is 12.3 Å². The normalized spacial score (nSPS) is 10.6. The largest absolute Gasteiger partial charge is 0.289 e. The summed E-state index contributed by atoms with van der Waals surface area (Å²) >= 11 is 4.84. The Kier molecular flexibility index (Phi) is 7.31. The van der Waals surface area contributed by atoms with Crippen molar-refractivity contribution in [2.75, 3.05) is 0 Å². The van der Waals surface area contributed by atoms with E-state index in [4.69, 9.17) is 5.21 Å². The van der Waals surface area contributed by atoms with Crippen LogP contribution < -0.4 is 10.9 Å². The van der Waals surface area contributed by atoms with Crippen molar-refractivity contribution in [1.82, 2.24) is 10.9 Å².